The van der Waals surface area contributed by atoms with Gasteiger partial charge in [-0.1, -0.05) is 0 Å². The van der Waals surface area contributed by atoms with Crippen molar-refractivity contribution in [2.75, 3.05) is 39.3 Å². The van der Waals surface area contributed by atoms with Crippen molar-refractivity contribution < 1.29 is 39.4 Å². The van der Waals surface area contributed by atoms with E-state index < -0.39 is 73.1 Å². The predicted molar refractivity (Wildman–Crippen MR) is 120 cm³/mol. The van der Waals surface area contributed by atoms with Gasteiger partial charge in [0, 0.05) is 38.8 Å². The highest BCUT2D eigenvalue weighted by molar-refractivity contribution is 5.81. The molecule has 34 heavy (non-hydrogen) atoms. The van der Waals surface area contributed by atoms with E-state index >= 15 is 0 Å². The number of carbonyl (C=O) groups is 1. The predicted octanol–water partition coefficient (Wildman–Crippen LogP) is -7.07. The van der Waals surface area contributed by atoms with E-state index in [-0.39, 0.29) is 26.1 Å². The largest absolute Gasteiger partial charge is 0.388 e. The third-order valence-corrected chi connectivity index (χ3v) is 6.05. The van der Waals surface area contributed by atoms with Crippen molar-refractivity contribution in [1.29, 1.82) is 0 Å². The Hall–Kier alpha value is -1.05. The van der Waals surface area contributed by atoms with Crippen molar-refractivity contribution in [2.45, 2.75) is 73.6 Å². The van der Waals surface area contributed by atoms with Crippen LogP contribution in [0.5, 0.6) is 0 Å². The van der Waals surface area contributed by atoms with Gasteiger partial charge in [-0.2, -0.15) is 0 Å². The topological polar surface area (TPSA) is 280 Å². The normalized spacial score (nSPS) is 39.6. The highest BCUT2D eigenvalue weighted by atomic mass is 16.7. The van der Waals surface area contributed by atoms with Crippen LogP contribution in [0.2, 0.25) is 0 Å². The molecule has 16 N–H and O–H groups in total. The minimum absolute atomic E-state index is 0.0941. The molecule has 1 aliphatic carbocycles. The van der Waals surface area contributed by atoms with Gasteiger partial charge in [-0.3, -0.25) is 4.79 Å². The SMILES string of the molecule is NCCNCCOC1[C@@H](O)[C@@H](O[C@@H]2OC(CN)[C@H](O)[C@H](O)C2N)C(N)C[C@H]1NC(=O)[C@@H](O)CN. The van der Waals surface area contributed by atoms with Gasteiger partial charge in [0.05, 0.1) is 18.7 Å². The fourth-order valence-corrected chi connectivity index (χ4v) is 4.08. The van der Waals surface area contributed by atoms with Crippen LogP contribution in [0, 0.1) is 0 Å². The first-order chi connectivity index (χ1) is 16.2. The van der Waals surface area contributed by atoms with E-state index in [2.05, 4.69) is 10.6 Å². The smallest absolute Gasteiger partial charge is 0.250 e. The zero-order valence-corrected chi connectivity index (χ0v) is 19.1. The summed E-state index contributed by atoms with van der Waals surface area (Å²) in [7, 11) is 0. The number of ether oxygens (including phenoxy) is 3. The maximum atomic E-state index is 12.2. The van der Waals surface area contributed by atoms with E-state index in [1.54, 1.807) is 0 Å². The molecule has 4 unspecified atom stereocenters. The molecule has 1 heterocycles. The van der Waals surface area contributed by atoms with Crippen molar-refractivity contribution in [3.63, 3.8) is 0 Å². The monoisotopic (exact) mass is 495 g/mol. The molecule has 15 heteroatoms. The molecule has 11 atom stereocenters. The number of carbonyl (C=O) groups excluding carboxylic acids is 1. The average molecular weight is 496 g/mol. The molecule has 0 aromatic carbocycles. The minimum Gasteiger partial charge on any atom is -0.388 e. The van der Waals surface area contributed by atoms with Gasteiger partial charge < -0.3 is 73.9 Å². The van der Waals surface area contributed by atoms with Gasteiger partial charge >= 0.3 is 0 Å². The van der Waals surface area contributed by atoms with E-state index in [0.717, 1.165) is 0 Å². The van der Waals surface area contributed by atoms with Crippen molar-refractivity contribution in [3.8, 4) is 0 Å². The Kier molecular flexibility index (Phi) is 11.9. The molecule has 0 aromatic rings. The minimum atomic E-state index is -1.43. The summed E-state index contributed by atoms with van der Waals surface area (Å²) in [5.41, 5.74) is 28.6. The van der Waals surface area contributed by atoms with Crippen molar-refractivity contribution in [1.82, 2.24) is 10.6 Å². The Morgan fingerprint density at radius 3 is 2.38 bits per heavy atom. The van der Waals surface area contributed by atoms with Crippen molar-refractivity contribution >= 4 is 5.91 Å². The first kappa shape index (κ1) is 29.2. The zero-order valence-electron chi connectivity index (χ0n) is 19.1. The van der Waals surface area contributed by atoms with E-state index in [4.69, 9.17) is 42.9 Å². The molecule has 0 aromatic heterocycles. The molecule has 2 aliphatic rings. The lowest BCUT2D eigenvalue weighted by atomic mass is 9.83. The Balaban J connectivity index is 2.13. The number of aliphatic hydroxyl groups excluding tert-OH is 4. The maximum Gasteiger partial charge on any atom is 0.250 e. The number of hydrogen-bond donors (Lipinski definition) is 11. The van der Waals surface area contributed by atoms with Gasteiger partial charge in [0.25, 0.3) is 0 Å². The van der Waals surface area contributed by atoms with E-state index in [1.807, 2.05) is 0 Å². The summed E-state index contributed by atoms with van der Waals surface area (Å²) >= 11 is 0. The summed E-state index contributed by atoms with van der Waals surface area (Å²) in [5, 5.41) is 46.8. The summed E-state index contributed by atoms with van der Waals surface area (Å²) < 4.78 is 17.3. The second kappa shape index (κ2) is 13.9. The molecule has 0 spiro atoms. The Bertz CT molecular complexity index is 621. The Morgan fingerprint density at radius 1 is 1.06 bits per heavy atom. The van der Waals surface area contributed by atoms with Crippen LogP contribution in [0.1, 0.15) is 6.42 Å². The number of amides is 1. The quantitative estimate of drug-likeness (QED) is 0.112. The van der Waals surface area contributed by atoms with Gasteiger partial charge in [-0.15, -0.1) is 0 Å². The molecular weight excluding hydrogens is 454 g/mol. The fourth-order valence-electron chi connectivity index (χ4n) is 4.08. The lowest BCUT2D eigenvalue weighted by molar-refractivity contribution is -0.289. The second-order valence-corrected chi connectivity index (χ2v) is 8.57. The molecule has 2 rings (SSSR count). The van der Waals surface area contributed by atoms with Crippen LogP contribution in [0.25, 0.3) is 0 Å². The van der Waals surface area contributed by atoms with Crippen LogP contribution in [0.4, 0.5) is 0 Å². The Morgan fingerprint density at radius 2 is 1.76 bits per heavy atom. The van der Waals surface area contributed by atoms with Crippen LogP contribution >= 0.6 is 0 Å². The average Bonchev–Trinajstić information content (AvgIpc) is 2.82. The number of nitrogens with two attached hydrogens (primary N) is 5. The second-order valence-electron chi connectivity index (χ2n) is 8.57. The third kappa shape index (κ3) is 7.23. The molecule has 0 bridgehead atoms. The van der Waals surface area contributed by atoms with E-state index in [9.17, 15) is 25.2 Å². The van der Waals surface area contributed by atoms with Crippen LogP contribution in [0.15, 0.2) is 0 Å². The van der Waals surface area contributed by atoms with Crippen LogP contribution in [-0.2, 0) is 19.0 Å². The standard InChI is InChI=1S/C19H41N7O8/c20-1-2-25-3-4-32-17-9(26-18(31)10(27)6-21)5-8(23)16(15(17)30)34-19-12(24)14(29)13(28)11(7-22)33-19/h8-17,19,25,27-30H,1-7,20-24H2,(H,26,31)/t8?,9-,10+,11?,12?,13+,14-,15+,16+,17?,19+/m1/s1. The van der Waals surface area contributed by atoms with Crippen molar-refractivity contribution in [3.05, 3.63) is 0 Å². The summed E-state index contributed by atoms with van der Waals surface area (Å²) in [6, 6.07) is -2.69. The van der Waals surface area contributed by atoms with Gasteiger partial charge in [-0.25, -0.2) is 0 Å². The van der Waals surface area contributed by atoms with Crippen LogP contribution in [-0.4, -0.2) is 133 Å². The number of rotatable bonds is 12. The summed E-state index contributed by atoms with van der Waals surface area (Å²) in [5.74, 6) is -0.721. The summed E-state index contributed by atoms with van der Waals surface area (Å²) in [4.78, 5) is 12.2. The van der Waals surface area contributed by atoms with Gasteiger partial charge in [0.15, 0.2) is 6.29 Å². The first-order valence-electron chi connectivity index (χ1n) is 11.4. The molecule has 1 aliphatic heterocycles. The lowest BCUT2D eigenvalue weighted by Gasteiger charge is -2.47. The number of nitrogens with one attached hydrogen (secondary N) is 2. The number of hydrogen-bond acceptors (Lipinski definition) is 14. The first-order valence-corrected chi connectivity index (χ1v) is 11.4. The van der Waals surface area contributed by atoms with Gasteiger partial charge in [0.2, 0.25) is 5.91 Å². The van der Waals surface area contributed by atoms with Gasteiger partial charge in [0.1, 0.15) is 42.7 Å². The maximum absolute atomic E-state index is 12.2. The van der Waals surface area contributed by atoms with Crippen molar-refractivity contribution in [2.24, 2.45) is 28.7 Å². The van der Waals surface area contributed by atoms with E-state index in [0.29, 0.717) is 19.6 Å². The summed E-state index contributed by atoms with van der Waals surface area (Å²) in [6.07, 6.45) is -9.45. The highest BCUT2D eigenvalue weighted by Gasteiger charge is 2.49. The van der Waals surface area contributed by atoms with Crippen LogP contribution in [0.3, 0.4) is 0 Å². The molecule has 1 saturated carbocycles. The van der Waals surface area contributed by atoms with E-state index in [1.165, 1.54) is 0 Å². The molecule has 0 radical (unpaired) electrons. The third-order valence-electron chi connectivity index (χ3n) is 6.05. The molecule has 1 saturated heterocycles. The highest BCUT2D eigenvalue weighted by Crippen LogP contribution is 2.29. The number of aliphatic hydroxyl groups is 4. The Labute approximate surface area is 198 Å². The fraction of sp³-hybridized carbons (Fsp3) is 0.947. The van der Waals surface area contributed by atoms with Crippen LogP contribution < -0.4 is 39.3 Å². The summed E-state index contributed by atoms with van der Waals surface area (Å²) in [6.45, 7) is 1.25. The zero-order chi connectivity index (χ0) is 25.4. The lowest BCUT2D eigenvalue weighted by Crippen LogP contribution is -2.68. The molecule has 1 amide bonds. The molecule has 15 nitrogen and oxygen atoms in total. The molecule has 200 valence electrons. The molecular formula is C19H41N7O8. The molecule has 2 fully saturated rings. The van der Waals surface area contributed by atoms with Gasteiger partial charge in [-0.05, 0) is 6.42 Å².